The first-order valence-corrected chi connectivity index (χ1v) is 12.5. The van der Waals surface area contributed by atoms with Gasteiger partial charge in [0.25, 0.3) is 0 Å². The number of alkyl halides is 3. The minimum atomic E-state index is -4.99. The van der Waals surface area contributed by atoms with Crippen LogP contribution in [0.1, 0.15) is 49.8 Å². The first-order chi connectivity index (χ1) is 18.2. The number of hydrogen-bond donors (Lipinski definition) is 0. The second-order valence-corrected chi connectivity index (χ2v) is 10.2. The van der Waals surface area contributed by atoms with Crippen LogP contribution in [0.4, 0.5) is 13.2 Å². The highest BCUT2D eigenvalue weighted by molar-refractivity contribution is 5.81. The third kappa shape index (κ3) is 8.87. The summed E-state index contributed by atoms with van der Waals surface area (Å²) in [5.74, 6) is -0.780. The molecule has 0 saturated carbocycles. The van der Waals surface area contributed by atoms with Crippen molar-refractivity contribution in [1.82, 2.24) is 9.88 Å². The predicted molar refractivity (Wildman–Crippen MR) is 139 cm³/mol. The topological polar surface area (TPSA) is 81.9 Å². The van der Waals surface area contributed by atoms with Crippen molar-refractivity contribution in [2.75, 3.05) is 13.7 Å². The number of amides is 1. The lowest BCUT2D eigenvalue weighted by atomic mass is 10.0. The summed E-state index contributed by atoms with van der Waals surface area (Å²) in [5, 5.41) is 0. The second kappa shape index (κ2) is 12.4. The lowest BCUT2D eigenvalue weighted by molar-refractivity contribution is -0.184. The molecule has 10 heteroatoms. The molecule has 0 N–H and O–H groups in total. The Bertz CT molecular complexity index is 1280. The molecule has 1 aromatic heterocycles. The normalized spacial score (nSPS) is 11.8. The van der Waals surface area contributed by atoms with E-state index in [1.54, 1.807) is 39.0 Å². The summed E-state index contributed by atoms with van der Waals surface area (Å²) < 4.78 is 55.9. The number of carbonyl (C=O) groups excluding carboxylic acids is 2. The Morgan fingerprint density at radius 2 is 1.69 bits per heavy atom. The van der Waals surface area contributed by atoms with E-state index in [2.05, 4.69) is 4.98 Å². The minimum absolute atomic E-state index is 0.0383. The van der Waals surface area contributed by atoms with Gasteiger partial charge in [-0.1, -0.05) is 24.3 Å². The van der Waals surface area contributed by atoms with Gasteiger partial charge in [0.1, 0.15) is 17.1 Å². The van der Waals surface area contributed by atoms with Gasteiger partial charge >= 0.3 is 18.1 Å². The largest absolute Gasteiger partial charge is 0.493 e. The van der Waals surface area contributed by atoms with Crippen molar-refractivity contribution in [3.8, 4) is 17.2 Å². The quantitative estimate of drug-likeness (QED) is 0.287. The summed E-state index contributed by atoms with van der Waals surface area (Å²) in [7, 11) is 1.08. The monoisotopic (exact) mass is 546 g/mol. The van der Waals surface area contributed by atoms with Crippen molar-refractivity contribution in [2.24, 2.45) is 0 Å². The maximum atomic E-state index is 13.0. The lowest BCUT2D eigenvalue weighted by Crippen LogP contribution is -2.38. The van der Waals surface area contributed by atoms with Crippen LogP contribution >= 0.6 is 0 Å². The van der Waals surface area contributed by atoms with Crippen LogP contribution in [0, 0.1) is 6.92 Å². The molecule has 0 aliphatic carbocycles. The van der Waals surface area contributed by atoms with Crippen molar-refractivity contribution < 1.29 is 36.7 Å². The van der Waals surface area contributed by atoms with Crippen LogP contribution in [0.5, 0.6) is 5.75 Å². The SMILES string of the molecule is Cc1oc(-c2ccccc2)nc1CCOc1ccc(CCC(=O)OC(C)(C)C)c(CN(C)C(=O)C(F)(F)F)c1. The number of aromatic nitrogens is 1. The number of carbonyl (C=O) groups is 2. The fourth-order valence-electron chi connectivity index (χ4n) is 3.89. The Morgan fingerprint density at radius 1 is 1.00 bits per heavy atom. The zero-order valence-electron chi connectivity index (χ0n) is 22.7. The molecule has 0 bridgehead atoms. The summed E-state index contributed by atoms with van der Waals surface area (Å²) in [5.41, 5.74) is 2.01. The molecule has 0 radical (unpaired) electrons. The van der Waals surface area contributed by atoms with Crippen molar-refractivity contribution in [3.05, 3.63) is 71.1 Å². The highest BCUT2D eigenvalue weighted by Gasteiger charge is 2.41. The minimum Gasteiger partial charge on any atom is -0.493 e. The third-order valence-electron chi connectivity index (χ3n) is 5.71. The highest BCUT2D eigenvalue weighted by atomic mass is 19.4. The molecule has 0 atom stereocenters. The van der Waals surface area contributed by atoms with Crippen LogP contribution in [0.3, 0.4) is 0 Å². The number of benzene rings is 2. The van der Waals surface area contributed by atoms with E-state index >= 15 is 0 Å². The van der Waals surface area contributed by atoms with E-state index in [-0.39, 0.29) is 26.0 Å². The molecule has 3 aromatic rings. The number of rotatable bonds is 10. The van der Waals surface area contributed by atoms with Crippen LogP contribution in [0.25, 0.3) is 11.5 Å². The zero-order chi connectivity index (χ0) is 28.8. The lowest BCUT2D eigenvalue weighted by Gasteiger charge is -2.22. The van der Waals surface area contributed by atoms with Gasteiger partial charge in [-0.3, -0.25) is 9.59 Å². The summed E-state index contributed by atoms with van der Waals surface area (Å²) in [6.07, 6.45) is -4.27. The Hall–Kier alpha value is -3.82. The van der Waals surface area contributed by atoms with Gasteiger partial charge in [0, 0.05) is 32.0 Å². The number of halogens is 3. The van der Waals surface area contributed by atoms with E-state index < -0.39 is 23.7 Å². The fraction of sp³-hybridized carbons (Fsp3) is 0.414. The highest BCUT2D eigenvalue weighted by Crippen LogP contribution is 2.25. The van der Waals surface area contributed by atoms with Gasteiger partial charge < -0.3 is 18.8 Å². The molecule has 2 aromatic carbocycles. The number of oxazole rings is 1. The van der Waals surface area contributed by atoms with Crippen LogP contribution in [0.2, 0.25) is 0 Å². The first kappa shape index (κ1) is 29.7. The van der Waals surface area contributed by atoms with Crippen molar-refractivity contribution >= 4 is 11.9 Å². The molecule has 210 valence electrons. The van der Waals surface area contributed by atoms with E-state index in [9.17, 15) is 22.8 Å². The average molecular weight is 547 g/mol. The Labute approximate surface area is 225 Å². The molecular formula is C29H33F3N2O5. The molecule has 0 aliphatic rings. The van der Waals surface area contributed by atoms with E-state index in [1.165, 1.54) is 0 Å². The van der Waals surface area contributed by atoms with E-state index in [0.29, 0.717) is 39.8 Å². The number of esters is 1. The van der Waals surface area contributed by atoms with Gasteiger partial charge in [0.05, 0.1) is 12.3 Å². The van der Waals surface area contributed by atoms with Crippen LogP contribution in [-0.2, 0) is 33.7 Å². The standard InChI is InChI=1S/C29H33F3N2O5/c1-19-24(33-26(38-19)21-9-7-6-8-10-21)15-16-37-23-13-11-20(12-14-25(35)39-28(2,3)4)22(17-23)18-34(5)27(36)29(30,31)32/h6-11,13,17H,12,14-16,18H2,1-5H3. The summed E-state index contributed by atoms with van der Waals surface area (Å²) in [6, 6.07) is 14.5. The number of hydrogen-bond acceptors (Lipinski definition) is 6. The van der Waals surface area contributed by atoms with Gasteiger partial charge in [0.2, 0.25) is 5.89 Å². The number of nitrogens with zero attached hydrogens (tertiary/aromatic N) is 2. The summed E-state index contributed by atoms with van der Waals surface area (Å²) in [4.78, 5) is 29.1. The predicted octanol–water partition coefficient (Wildman–Crippen LogP) is 6.07. The van der Waals surface area contributed by atoms with Gasteiger partial charge in [-0.05, 0) is 69.5 Å². The Kier molecular flexibility index (Phi) is 9.42. The molecule has 39 heavy (non-hydrogen) atoms. The number of ether oxygens (including phenoxy) is 2. The van der Waals surface area contributed by atoms with Crippen molar-refractivity contribution in [1.29, 1.82) is 0 Å². The van der Waals surface area contributed by atoms with E-state index in [4.69, 9.17) is 13.9 Å². The van der Waals surface area contributed by atoms with Gasteiger partial charge in [-0.25, -0.2) is 4.98 Å². The fourth-order valence-corrected chi connectivity index (χ4v) is 3.89. The first-order valence-electron chi connectivity index (χ1n) is 12.5. The molecule has 1 amide bonds. The van der Waals surface area contributed by atoms with Crippen LogP contribution in [-0.4, -0.2) is 47.2 Å². The molecule has 0 fully saturated rings. The molecule has 1 heterocycles. The maximum Gasteiger partial charge on any atom is 0.471 e. The Balaban J connectivity index is 1.71. The van der Waals surface area contributed by atoms with Gasteiger partial charge in [-0.2, -0.15) is 13.2 Å². The van der Waals surface area contributed by atoms with Crippen LogP contribution < -0.4 is 4.74 Å². The van der Waals surface area contributed by atoms with Crippen LogP contribution in [0.15, 0.2) is 52.9 Å². The van der Waals surface area contributed by atoms with Gasteiger partial charge in [0.15, 0.2) is 0 Å². The smallest absolute Gasteiger partial charge is 0.471 e. The molecule has 0 aliphatic heterocycles. The average Bonchev–Trinajstić information content (AvgIpc) is 3.22. The molecule has 0 spiro atoms. The summed E-state index contributed by atoms with van der Waals surface area (Å²) >= 11 is 0. The van der Waals surface area contributed by atoms with Crippen molar-refractivity contribution in [2.45, 2.75) is 65.3 Å². The summed E-state index contributed by atoms with van der Waals surface area (Å²) in [6.45, 7) is 7.02. The molecule has 0 unspecified atom stereocenters. The number of aryl methyl sites for hydroxylation is 2. The third-order valence-corrected chi connectivity index (χ3v) is 5.71. The molecular weight excluding hydrogens is 513 g/mol. The molecule has 3 rings (SSSR count). The molecule has 7 nitrogen and oxygen atoms in total. The zero-order valence-corrected chi connectivity index (χ0v) is 22.7. The maximum absolute atomic E-state index is 13.0. The van der Waals surface area contributed by atoms with Crippen molar-refractivity contribution in [3.63, 3.8) is 0 Å². The van der Waals surface area contributed by atoms with E-state index in [1.807, 2.05) is 37.3 Å². The van der Waals surface area contributed by atoms with E-state index in [0.717, 1.165) is 18.3 Å². The Morgan fingerprint density at radius 3 is 2.33 bits per heavy atom. The van der Waals surface area contributed by atoms with Gasteiger partial charge in [-0.15, -0.1) is 0 Å². The molecule has 0 saturated heterocycles. The second-order valence-electron chi connectivity index (χ2n) is 10.2.